The van der Waals surface area contributed by atoms with Gasteiger partial charge in [0.1, 0.15) is 11.5 Å². The van der Waals surface area contributed by atoms with Gasteiger partial charge in [0.25, 0.3) is 17.7 Å². The van der Waals surface area contributed by atoms with Crippen molar-refractivity contribution < 1.29 is 38.8 Å². The number of amides is 3. The summed E-state index contributed by atoms with van der Waals surface area (Å²) in [4.78, 5) is 42.5. The Morgan fingerprint density at radius 2 is 1.37 bits per heavy atom. The monoisotopic (exact) mass is 693 g/mol. The third-order valence-corrected chi connectivity index (χ3v) is 9.91. The van der Waals surface area contributed by atoms with Gasteiger partial charge in [-0.3, -0.25) is 14.4 Å². The number of carbonyl (C=O) groups is 3. The maximum Gasteiger partial charge on any atom is 0.264 e. The first kappa shape index (κ1) is 35.6. The van der Waals surface area contributed by atoms with E-state index in [0.29, 0.717) is 45.3 Å². The van der Waals surface area contributed by atoms with E-state index in [-0.39, 0.29) is 37.3 Å². The normalized spacial score (nSPS) is 21.0. The molecule has 266 valence electrons. The number of aliphatic hydroxyl groups is 2. The van der Waals surface area contributed by atoms with Crippen LogP contribution >= 0.6 is 0 Å². The molecule has 4 aromatic carbocycles. The Hall–Kier alpha value is -5.23. The molecule has 2 heterocycles. The van der Waals surface area contributed by atoms with Gasteiger partial charge in [-0.2, -0.15) is 0 Å². The molecule has 4 aromatic rings. The molecule has 1 fully saturated rings. The number of nitrogens with one attached hydrogen (secondary N) is 2. The molecule has 6 rings (SSSR count). The quantitative estimate of drug-likeness (QED) is 0.155. The number of carbonyl (C=O) groups excluding carboxylic acids is 3. The largest absolute Gasteiger partial charge is 0.497 e. The van der Waals surface area contributed by atoms with Crippen LogP contribution in [0.1, 0.15) is 59.0 Å². The average molecular weight is 694 g/mol. The summed E-state index contributed by atoms with van der Waals surface area (Å²) < 4.78 is 17.1. The van der Waals surface area contributed by atoms with Crippen LogP contribution in [0.15, 0.2) is 91.0 Å². The predicted molar refractivity (Wildman–Crippen MR) is 193 cm³/mol. The van der Waals surface area contributed by atoms with E-state index in [0.717, 1.165) is 5.56 Å². The number of rotatable bonds is 11. The standard InChI is InChI=1S/C40H43N3O8/c1-24-35(39(2,3)48)34(20-21-44)51-40(24)32-22-29(42-37(46)27-10-17-31(50-5)18-11-27)14-19-33(32)43(38(40)47)23-25-6-12-28(13-7-25)41-36(45)26-8-15-30(49-4)16-9-26/h6-19,22,24,34-35,44,48H,20-21,23H2,1-5H3,(H,41,45)(H,42,46)/t24-,34+,35-,40+/m0/s1. The number of methoxy groups -OCH3 is 2. The number of nitrogens with zero attached hydrogens (tertiary/aromatic N) is 1. The Morgan fingerprint density at radius 1 is 0.843 bits per heavy atom. The molecule has 0 aromatic heterocycles. The van der Waals surface area contributed by atoms with E-state index in [4.69, 9.17) is 14.2 Å². The summed E-state index contributed by atoms with van der Waals surface area (Å²) >= 11 is 0. The van der Waals surface area contributed by atoms with Crippen LogP contribution in [-0.2, 0) is 21.7 Å². The molecule has 11 heteroatoms. The van der Waals surface area contributed by atoms with E-state index in [1.165, 1.54) is 0 Å². The van der Waals surface area contributed by atoms with Gasteiger partial charge in [-0.15, -0.1) is 0 Å². The number of ether oxygens (including phenoxy) is 3. The van der Waals surface area contributed by atoms with Gasteiger partial charge in [0, 0.05) is 46.5 Å². The second-order valence-electron chi connectivity index (χ2n) is 13.6. The molecule has 0 unspecified atom stereocenters. The van der Waals surface area contributed by atoms with E-state index in [1.54, 1.807) is 112 Å². The fourth-order valence-corrected chi connectivity index (χ4v) is 7.48. The van der Waals surface area contributed by atoms with Gasteiger partial charge in [-0.25, -0.2) is 0 Å². The predicted octanol–water partition coefficient (Wildman–Crippen LogP) is 5.75. The topological polar surface area (TPSA) is 147 Å². The molecular formula is C40H43N3O8. The van der Waals surface area contributed by atoms with E-state index in [1.807, 2.05) is 19.1 Å². The van der Waals surface area contributed by atoms with Crippen molar-refractivity contribution in [3.05, 3.63) is 113 Å². The second-order valence-corrected chi connectivity index (χ2v) is 13.6. The Labute approximate surface area is 297 Å². The molecule has 0 radical (unpaired) electrons. The molecule has 1 spiro atoms. The minimum absolute atomic E-state index is 0.176. The smallest absolute Gasteiger partial charge is 0.264 e. The molecule has 4 N–H and O–H groups in total. The van der Waals surface area contributed by atoms with Crippen molar-refractivity contribution in [2.24, 2.45) is 11.8 Å². The van der Waals surface area contributed by atoms with Gasteiger partial charge in [0.15, 0.2) is 5.60 Å². The number of anilines is 3. The first-order valence-electron chi connectivity index (χ1n) is 16.9. The Bertz CT molecular complexity index is 1900. The number of benzene rings is 4. The van der Waals surface area contributed by atoms with Crippen LogP contribution < -0.4 is 25.0 Å². The molecule has 0 bridgehead atoms. The highest BCUT2D eigenvalue weighted by Gasteiger charge is 2.65. The number of aliphatic hydroxyl groups excluding tert-OH is 1. The molecule has 11 nitrogen and oxygen atoms in total. The number of hydrogen-bond donors (Lipinski definition) is 4. The van der Waals surface area contributed by atoms with E-state index >= 15 is 0 Å². The van der Waals surface area contributed by atoms with Crippen LogP contribution in [0.5, 0.6) is 11.5 Å². The van der Waals surface area contributed by atoms with Gasteiger partial charge in [0.2, 0.25) is 0 Å². The summed E-state index contributed by atoms with van der Waals surface area (Å²) in [6.07, 6.45) is -0.367. The van der Waals surface area contributed by atoms with Crippen molar-refractivity contribution in [1.29, 1.82) is 0 Å². The van der Waals surface area contributed by atoms with Gasteiger partial charge >= 0.3 is 0 Å². The molecule has 2 aliphatic rings. The highest BCUT2D eigenvalue weighted by molar-refractivity contribution is 6.09. The van der Waals surface area contributed by atoms with Gasteiger partial charge in [0.05, 0.1) is 38.2 Å². The highest BCUT2D eigenvalue weighted by Crippen LogP contribution is 2.58. The highest BCUT2D eigenvalue weighted by atomic mass is 16.5. The minimum atomic E-state index is -1.48. The van der Waals surface area contributed by atoms with Crippen LogP contribution in [0.4, 0.5) is 17.1 Å². The van der Waals surface area contributed by atoms with Crippen LogP contribution in [0.3, 0.4) is 0 Å². The lowest BCUT2D eigenvalue weighted by molar-refractivity contribution is -0.146. The average Bonchev–Trinajstić information content (AvgIpc) is 3.55. The Kier molecular flexibility index (Phi) is 9.90. The molecular weight excluding hydrogens is 650 g/mol. The van der Waals surface area contributed by atoms with Crippen LogP contribution in [0.2, 0.25) is 0 Å². The van der Waals surface area contributed by atoms with Crippen LogP contribution in [-0.4, -0.2) is 60.5 Å². The van der Waals surface area contributed by atoms with Crippen molar-refractivity contribution in [1.82, 2.24) is 0 Å². The first-order chi connectivity index (χ1) is 24.4. The summed E-state index contributed by atoms with van der Waals surface area (Å²) in [5.41, 5.74) is 1.28. The van der Waals surface area contributed by atoms with Gasteiger partial charge in [-0.05, 0) is 105 Å². The maximum atomic E-state index is 14.7. The Morgan fingerprint density at radius 3 is 1.88 bits per heavy atom. The van der Waals surface area contributed by atoms with Crippen LogP contribution in [0.25, 0.3) is 0 Å². The summed E-state index contributed by atoms with van der Waals surface area (Å²) in [6.45, 7) is 5.31. The zero-order valence-corrected chi connectivity index (χ0v) is 29.3. The number of hydrogen-bond acceptors (Lipinski definition) is 8. The van der Waals surface area contributed by atoms with Crippen molar-refractivity contribution >= 4 is 34.8 Å². The number of fused-ring (bicyclic) bond motifs is 2. The third kappa shape index (κ3) is 6.80. The van der Waals surface area contributed by atoms with E-state index < -0.39 is 29.1 Å². The molecule has 4 atom stereocenters. The SMILES string of the molecule is COc1ccc(C(=O)Nc2ccc(CN3C(=O)[C@]4(O[C@H](CCO)[C@@H](C(C)(C)O)[C@@H]4C)c4cc(NC(=O)c5ccc(OC)cc5)ccc43)cc2)cc1. The van der Waals surface area contributed by atoms with Gasteiger partial charge in [-0.1, -0.05) is 19.1 Å². The van der Waals surface area contributed by atoms with Gasteiger partial charge < -0.3 is 40.0 Å². The lowest BCUT2D eigenvalue weighted by Gasteiger charge is -2.34. The van der Waals surface area contributed by atoms with E-state index in [9.17, 15) is 24.6 Å². The zero-order valence-electron chi connectivity index (χ0n) is 29.3. The third-order valence-electron chi connectivity index (χ3n) is 9.91. The maximum absolute atomic E-state index is 14.7. The molecule has 3 amide bonds. The minimum Gasteiger partial charge on any atom is -0.497 e. The fraction of sp³-hybridized carbons (Fsp3) is 0.325. The summed E-state index contributed by atoms with van der Waals surface area (Å²) in [6, 6.07) is 26.1. The van der Waals surface area contributed by atoms with E-state index in [2.05, 4.69) is 10.6 Å². The first-order valence-corrected chi connectivity index (χ1v) is 16.9. The molecule has 0 saturated carbocycles. The lowest BCUT2D eigenvalue weighted by Crippen LogP contribution is -2.46. The van der Waals surface area contributed by atoms with Crippen molar-refractivity contribution in [3.63, 3.8) is 0 Å². The fourth-order valence-electron chi connectivity index (χ4n) is 7.48. The molecule has 1 saturated heterocycles. The van der Waals surface area contributed by atoms with Crippen molar-refractivity contribution in [2.75, 3.05) is 36.4 Å². The summed E-state index contributed by atoms with van der Waals surface area (Å²) in [5, 5.41) is 27.1. The lowest BCUT2D eigenvalue weighted by atomic mass is 9.71. The molecule has 51 heavy (non-hydrogen) atoms. The zero-order chi connectivity index (χ0) is 36.5. The van der Waals surface area contributed by atoms with Crippen molar-refractivity contribution in [3.8, 4) is 11.5 Å². The summed E-state index contributed by atoms with van der Waals surface area (Å²) in [5.74, 6) is -0.584. The Balaban J connectivity index is 1.30. The summed E-state index contributed by atoms with van der Waals surface area (Å²) in [7, 11) is 3.12. The molecule has 2 aliphatic heterocycles. The second kappa shape index (κ2) is 14.2. The van der Waals surface area contributed by atoms with Crippen molar-refractivity contribution in [2.45, 2.75) is 51.0 Å². The molecule has 0 aliphatic carbocycles. The van der Waals surface area contributed by atoms with Crippen LogP contribution in [0, 0.1) is 11.8 Å².